The van der Waals surface area contributed by atoms with E-state index in [4.69, 9.17) is 9.47 Å². The standard InChI is InChI=1S/C60H78N2O10S4/c1-4-5-6-9-53-60-21-20-36(26-52(60)70)51(28-42(68)16-11-35-14-19-50(69)58(71-3)54(35)43-17-12-34-10-15-41(67)27-44(34)47(43)32-74-76-60)72-59-46-24-39(30-65)57-55-37(13-18-48(61-57)33(2)66)23-38(29-64)45(56(46)55)25-40(31-73-75-53)49(62-59)8-7-22-63/h10,12,14-15,17,19,24,27,36-38,40,45,48-49,51-53,59,61-65,67,69-70H,4-9,11,13,16,18,20-23,25-26,28-32H2,1-3H3/t36-,37-,38-,40+,45+,48+,49-,51-,52+,53-,59+,60-/m0/s1. The summed E-state index contributed by atoms with van der Waals surface area (Å²) in [6.07, 6.45) is 8.81. The van der Waals surface area contributed by atoms with Crippen molar-refractivity contribution in [2.24, 2.45) is 17.8 Å². The summed E-state index contributed by atoms with van der Waals surface area (Å²) in [5.74, 6) is 1.69. The summed E-state index contributed by atoms with van der Waals surface area (Å²) < 4.78 is 13.1. The first-order valence-electron chi connectivity index (χ1n) is 28.0. The normalized spacial score (nSPS) is 30.8. The molecule has 7 aliphatic rings. The van der Waals surface area contributed by atoms with Crippen molar-refractivity contribution in [2.75, 3.05) is 31.4 Å². The molecule has 11 rings (SSSR count). The van der Waals surface area contributed by atoms with Crippen LogP contribution in [-0.4, -0.2) is 103 Å². The second-order valence-electron chi connectivity index (χ2n) is 22.6. The Labute approximate surface area is 464 Å². The molecule has 3 fully saturated rings. The minimum absolute atomic E-state index is 0.00885. The predicted molar refractivity (Wildman–Crippen MR) is 309 cm³/mol. The molecule has 8 N–H and O–H groups in total. The molecule has 16 heteroatoms. The van der Waals surface area contributed by atoms with Crippen molar-refractivity contribution in [3.05, 3.63) is 81.9 Å². The van der Waals surface area contributed by atoms with Crippen LogP contribution in [0.3, 0.4) is 0 Å². The van der Waals surface area contributed by atoms with Gasteiger partial charge < -0.3 is 45.4 Å². The van der Waals surface area contributed by atoms with Gasteiger partial charge >= 0.3 is 0 Å². The second kappa shape index (κ2) is 24.7. The monoisotopic (exact) mass is 1110 g/mol. The number of benzene rings is 4. The molecule has 0 unspecified atom stereocenters. The number of fused-ring (bicyclic) bond motifs is 9. The van der Waals surface area contributed by atoms with E-state index in [1.54, 1.807) is 47.8 Å². The van der Waals surface area contributed by atoms with Gasteiger partial charge in [-0.15, -0.1) is 0 Å². The van der Waals surface area contributed by atoms with Crippen molar-refractivity contribution in [3.8, 4) is 28.4 Å². The number of aromatic hydroxyl groups is 2. The van der Waals surface area contributed by atoms with Gasteiger partial charge in [-0.1, -0.05) is 93.6 Å². The Morgan fingerprint density at radius 2 is 1.76 bits per heavy atom. The molecule has 12 atom stereocenters. The number of ketones is 2. The molecule has 0 spiro atoms. The third-order valence-electron chi connectivity index (χ3n) is 18.2. The van der Waals surface area contributed by atoms with Gasteiger partial charge in [-0.25, -0.2) is 0 Å². The summed E-state index contributed by atoms with van der Waals surface area (Å²) >= 11 is 0. The van der Waals surface area contributed by atoms with E-state index in [9.17, 15) is 35.4 Å². The Bertz CT molecular complexity index is 2740. The molecule has 5 aliphatic heterocycles. The molecule has 2 aliphatic carbocycles. The number of Topliss-reactive ketones (excluding diaryl/α,β-unsaturated/α-hetero) is 2. The van der Waals surface area contributed by atoms with Gasteiger partial charge in [0.25, 0.3) is 0 Å². The van der Waals surface area contributed by atoms with E-state index < -0.39 is 29.2 Å². The fraction of sp³-hybridized carbons (Fsp3) is 0.600. The van der Waals surface area contributed by atoms with Crippen molar-refractivity contribution in [2.45, 2.75) is 181 Å². The topological polar surface area (TPSA) is 198 Å². The lowest BCUT2D eigenvalue weighted by Crippen LogP contribution is -2.53. The third kappa shape index (κ3) is 11.2. The van der Waals surface area contributed by atoms with Crippen LogP contribution < -0.4 is 15.4 Å². The van der Waals surface area contributed by atoms with Crippen molar-refractivity contribution in [1.29, 1.82) is 0 Å². The Balaban J connectivity index is 1.16. The van der Waals surface area contributed by atoms with Crippen LogP contribution in [0.25, 0.3) is 21.9 Å². The number of ether oxygens (including phenoxy) is 2. The van der Waals surface area contributed by atoms with Crippen LogP contribution in [0.15, 0.2) is 48.5 Å². The summed E-state index contributed by atoms with van der Waals surface area (Å²) in [5.41, 5.74) is 8.05. The smallest absolute Gasteiger partial charge is 0.168 e. The maximum absolute atomic E-state index is 15.1. The largest absolute Gasteiger partial charge is 0.508 e. The van der Waals surface area contributed by atoms with Gasteiger partial charge in [-0.2, -0.15) is 0 Å². The van der Waals surface area contributed by atoms with Crippen LogP contribution in [0, 0.1) is 17.8 Å². The van der Waals surface area contributed by atoms with Gasteiger partial charge in [-0.3, -0.25) is 14.9 Å². The maximum Gasteiger partial charge on any atom is 0.168 e. The van der Waals surface area contributed by atoms with Gasteiger partial charge in [0, 0.05) is 65.7 Å². The molecule has 76 heavy (non-hydrogen) atoms. The zero-order valence-corrected chi connectivity index (χ0v) is 47.5. The minimum Gasteiger partial charge on any atom is -0.508 e. The van der Waals surface area contributed by atoms with E-state index in [-0.39, 0.29) is 96.6 Å². The predicted octanol–water partition coefficient (Wildman–Crippen LogP) is 11.6. The first kappa shape index (κ1) is 56.1. The number of carbonyl (C=O) groups is 2. The van der Waals surface area contributed by atoms with E-state index in [1.165, 1.54) is 0 Å². The second-order valence-corrected chi connectivity index (χ2v) is 27.9. The van der Waals surface area contributed by atoms with Crippen LogP contribution >= 0.6 is 43.2 Å². The Morgan fingerprint density at radius 1 is 0.921 bits per heavy atom. The highest BCUT2D eigenvalue weighted by atomic mass is 33.1. The molecule has 412 valence electrons. The molecular weight excluding hydrogens is 1040 g/mol. The molecule has 1 saturated carbocycles. The van der Waals surface area contributed by atoms with Crippen LogP contribution in [0.2, 0.25) is 0 Å². The summed E-state index contributed by atoms with van der Waals surface area (Å²) in [6.45, 7) is 3.65. The number of rotatable bonds is 11. The minimum atomic E-state index is -0.734. The van der Waals surface area contributed by atoms with Crippen LogP contribution in [0.5, 0.6) is 17.2 Å². The van der Waals surface area contributed by atoms with E-state index in [0.29, 0.717) is 61.2 Å². The van der Waals surface area contributed by atoms with Crippen molar-refractivity contribution in [3.63, 3.8) is 0 Å². The lowest BCUT2D eigenvalue weighted by Gasteiger charge is -2.50. The zero-order chi connectivity index (χ0) is 53.3. The summed E-state index contributed by atoms with van der Waals surface area (Å²) in [6, 6.07) is 14.6. The Morgan fingerprint density at radius 3 is 2.53 bits per heavy atom. The highest BCUT2D eigenvalue weighted by molar-refractivity contribution is 8.78. The molecule has 5 bridgehead atoms. The Hall–Kier alpha value is -3.16. The number of hydrogen-bond acceptors (Lipinski definition) is 16. The number of hydrogen-bond donors (Lipinski definition) is 8. The summed E-state index contributed by atoms with van der Waals surface area (Å²) in [5, 5.41) is 78.4. The Kier molecular flexibility index (Phi) is 18.2. The van der Waals surface area contributed by atoms with E-state index >= 15 is 4.79 Å². The number of aliphatic hydroxyl groups is 4. The average Bonchev–Trinajstić information content (AvgIpc) is 3.63. The average molecular weight is 1120 g/mol. The molecule has 0 aromatic heterocycles. The fourth-order valence-electron chi connectivity index (χ4n) is 14.2. The summed E-state index contributed by atoms with van der Waals surface area (Å²) in [4.78, 5) is 28.2. The number of methoxy groups -OCH3 is 1. The molecule has 4 aromatic carbocycles. The van der Waals surface area contributed by atoms with E-state index in [0.717, 1.165) is 107 Å². The number of aliphatic hydroxyl groups excluding tert-OH is 4. The molecule has 2 saturated heterocycles. The molecule has 12 nitrogen and oxygen atoms in total. The SMILES string of the molecule is CCCCC[C@@H]1SSC[C@H]2C[C@H]3c4c(cc(CO)c5c4[C@@H](CC[C@H](C(C)=O)N5)C[C@H]3CO)[C@H](N[C@H]2CCCO)O[C@H]2CC(=O)CCc3ccc(O)c(OC)c3-c3ccc4ccc(O)cc4c3CSS[C@]13CC[C@H]2C[C@H]3O. The van der Waals surface area contributed by atoms with E-state index in [1.807, 2.05) is 45.9 Å². The number of aryl methyl sites for hydroxylation is 1. The molecule has 0 amide bonds. The van der Waals surface area contributed by atoms with Crippen LogP contribution in [0.1, 0.15) is 162 Å². The van der Waals surface area contributed by atoms with Gasteiger partial charge in [0.2, 0.25) is 0 Å². The lowest BCUT2D eigenvalue weighted by atomic mass is 9.63. The first-order valence-corrected chi connectivity index (χ1v) is 32.7. The van der Waals surface area contributed by atoms with Gasteiger partial charge in [0.05, 0.1) is 36.7 Å². The van der Waals surface area contributed by atoms with Crippen molar-refractivity contribution >= 4 is 71.2 Å². The van der Waals surface area contributed by atoms with Crippen LogP contribution in [-0.2, 0) is 33.1 Å². The third-order valence-corrected chi connectivity index (χ3v) is 24.7. The van der Waals surface area contributed by atoms with Crippen molar-refractivity contribution < 1.29 is 49.7 Å². The van der Waals surface area contributed by atoms with Gasteiger partial charge in [0.1, 0.15) is 17.8 Å². The fourth-order valence-corrected chi connectivity index (χ4v) is 21.8. The number of phenols is 2. The quantitative estimate of drug-likeness (QED) is 0.0521. The van der Waals surface area contributed by atoms with E-state index in [2.05, 4.69) is 29.7 Å². The van der Waals surface area contributed by atoms with Gasteiger partial charge in [0.15, 0.2) is 17.3 Å². The molecule has 4 aromatic rings. The number of anilines is 1. The molecule has 5 heterocycles. The maximum atomic E-state index is 15.1. The number of carbonyl (C=O) groups excluding carboxylic acids is 2. The van der Waals surface area contributed by atoms with Crippen LogP contribution in [0.4, 0.5) is 5.69 Å². The van der Waals surface area contributed by atoms with Crippen molar-refractivity contribution in [1.82, 2.24) is 5.32 Å². The molecular formula is C60H78N2O10S4. The summed E-state index contributed by atoms with van der Waals surface area (Å²) in [7, 11) is 8.91. The highest BCUT2D eigenvalue weighted by Crippen LogP contribution is 2.60. The zero-order valence-electron chi connectivity index (χ0n) is 44.3. The number of unbranched alkanes of at least 4 members (excludes halogenated alkanes) is 2. The lowest BCUT2D eigenvalue weighted by molar-refractivity contribution is -0.130. The highest BCUT2D eigenvalue weighted by Gasteiger charge is 2.53. The number of nitrogens with one attached hydrogen (secondary N) is 2. The number of phenolic OH excluding ortho intramolecular Hbond substituents is 2. The van der Waals surface area contributed by atoms with Gasteiger partial charge in [-0.05, 0) is 176 Å². The molecule has 0 radical (unpaired) electrons. The first-order chi connectivity index (χ1) is 36.9.